The van der Waals surface area contributed by atoms with Crippen molar-refractivity contribution in [3.63, 3.8) is 0 Å². The molecular formula is C18H17ClN6O3. The van der Waals surface area contributed by atoms with Gasteiger partial charge in [-0.3, -0.25) is 9.36 Å². The molecule has 9 nitrogen and oxygen atoms in total. The van der Waals surface area contributed by atoms with Gasteiger partial charge in [-0.25, -0.2) is 14.5 Å². The zero-order chi connectivity index (χ0) is 19.8. The van der Waals surface area contributed by atoms with Crippen LogP contribution < -0.4 is 11.3 Å². The number of rotatable bonds is 5. The highest BCUT2D eigenvalue weighted by molar-refractivity contribution is 6.30. The van der Waals surface area contributed by atoms with Crippen molar-refractivity contribution in [2.75, 3.05) is 0 Å². The predicted molar refractivity (Wildman–Crippen MR) is 103 cm³/mol. The van der Waals surface area contributed by atoms with Gasteiger partial charge >= 0.3 is 5.76 Å². The first-order valence-corrected chi connectivity index (χ1v) is 9.00. The van der Waals surface area contributed by atoms with E-state index in [2.05, 4.69) is 15.2 Å². The fourth-order valence-electron chi connectivity index (χ4n) is 3.06. The number of hydrogen-bond acceptors (Lipinski definition) is 6. The van der Waals surface area contributed by atoms with Gasteiger partial charge in [0.2, 0.25) is 5.89 Å². The highest BCUT2D eigenvalue weighted by Gasteiger charge is 2.15. The monoisotopic (exact) mass is 400 g/mol. The first kappa shape index (κ1) is 18.2. The summed E-state index contributed by atoms with van der Waals surface area (Å²) in [7, 11) is 1.73. The van der Waals surface area contributed by atoms with Gasteiger partial charge in [0.1, 0.15) is 18.3 Å². The van der Waals surface area contributed by atoms with Crippen molar-refractivity contribution in [1.29, 1.82) is 0 Å². The molecule has 0 radical (unpaired) electrons. The van der Waals surface area contributed by atoms with Crippen LogP contribution in [0.1, 0.15) is 17.1 Å². The third-order valence-corrected chi connectivity index (χ3v) is 4.72. The van der Waals surface area contributed by atoms with Gasteiger partial charge in [-0.05, 0) is 31.0 Å². The van der Waals surface area contributed by atoms with Crippen LogP contribution in [-0.4, -0.2) is 29.1 Å². The molecule has 3 heterocycles. The van der Waals surface area contributed by atoms with E-state index in [0.717, 1.165) is 5.56 Å². The van der Waals surface area contributed by atoms with Crippen molar-refractivity contribution in [2.45, 2.75) is 26.4 Å². The molecule has 4 aromatic rings. The van der Waals surface area contributed by atoms with Crippen LogP contribution in [0.25, 0.3) is 11.0 Å². The number of benzene rings is 1. The summed E-state index contributed by atoms with van der Waals surface area (Å²) >= 11 is 5.87. The van der Waals surface area contributed by atoms with E-state index in [4.69, 9.17) is 16.0 Å². The van der Waals surface area contributed by atoms with E-state index in [1.807, 2.05) is 12.1 Å². The largest absolute Gasteiger partial charge is 0.437 e. The van der Waals surface area contributed by atoms with Gasteiger partial charge in [0, 0.05) is 12.1 Å². The zero-order valence-corrected chi connectivity index (χ0v) is 16.0. The van der Waals surface area contributed by atoms with Gasteiger partial charge in [0.25, 0.3) is 5.56 Å². The van der Waals surface area contributed by atoms with Crippen molar-refractivity contribution in [1.82, 2.24) is 29.1 Å². The number of aryl methyl sites for hydroxylation is 4. The van der Waals surface area contributed by atoms with Crippen molar-refractivity contribution >= 4 is 22.6 Å². The first-order valence-electron chi connectivity index (χ1n) is 8.62. The molecule has 1 aromatic carbocycles. The molecule has 0 unspecified atom stereocenters. The highest BCUT2D eigenvalue weighted by Crippen LogP contribution is 2.11. The lowest BCUT2D eigenvalue weighted by molar-refractivity contribution is 0.434. The molecule has 0 saturated heterocycles. The molecule has 0 spiro atoms. The SMILES string of the molecule is Cc1nn(C)c2ncn(Cc3nn(CCc4ccc(Cl)cc4)c(=O)o3)c(=O)c12. The fourth-order valence-corrected chi connectivity index (χ4v) is 3.19. The summed E-state index contributed by atoms with van der Waals surface area (Å²) in [5.41, 5.74) is 1.88. The van der Waals surface area contributed by atoms with Crippen LogP contribution >= 0.6 is 11.6 Å². The van der Waals surface area contributed by atoms with E-state index < -0.39 is 5.76 Å². The Kier molecular flexibility index (Phi) is 4.60. The summed E-state index contributed by atoms with van der Waals surface area (Å²) in [5.74, 6) is -0.422. The van der Waals surface area contributed by atoms with Crippen LogP contribution in [0.4, 0.5) is 0 Å². The Labute approximate surface area is 163 Å². The maximum atomic E-state index is 12.7. The number of halogens is 1. The molecule has 0 aliphatic carbocycles. The van der Waals surface area contributed by atoms with Gasteiger partial charge in [-0.15, -0.1) is 5.10 Å². The van der Waals surface area contributed by atoms with Crippen LogP contribution in [0.5, 0.6) is 0 Å². The number of aromatic nitrogens is 6. The van der Waals surface area contributed by atoms with Crippen molar-refractivity contribution in [3.05, 3.63) is 73.7 Å². The van der Waals surface area contributed by atoms with E-state index in [1.165, 1.54) is 15.6 Å². The quantitative estimate of drug-likeness (QED) is 0.503. The van der Waals surface area contributed by atoms with Gasteiger partial charge in [0.15, 0.2) is 5.65 Å². The molecule has 0 bridgehead atoms. The lowest BCUT2D eigenvalue weighted by atomic mass is 10.1. The molecule has 0 amide bonds. The van der Waals surface area contributed by atoms with Crippen LogP contribution in [0.15, 0.2) is 44.6 Å². The maximum Gasteiger partial charge on any atom is 0.437 e. The number of hydrogen-bond donors (Lipinski definition) is 0. The second-order valence-electron chi connectivity index (χ2n) is 6.45. The predicted octanol–water partition coefficient (Wildman–Crippen LogP) is 1.53. The van der Waals surface area contributed by atoms with E-state index in [9.17, 15) is 9.59 Å². The molecular weight excluding hydrogens is 384 g/mol. The molecule has 0 saturated carbocycles. The van der Waals surface area contributed by atoms with Gasteiger partial charge < -0.3 is 4.42 Å². The minimum absolute atomic E-state index is 0.0132. The average molecular weight is 401 g/mol. The molecule has 0 aliphatic heterocycles. The summed E-state index contributed by atoms with van der Waals surface area (Å²) in [6.45, 7) is 2.12. The van der Waals surface area contributed by atoms with Crippen molar-refractivity contribution < 1.29 is 4.42 Å². The summed E-state index contributed by atoms with van der Waals surface area (Å²) in [6, 6.07) is 7.38. The smallest absolute Gasteiger partial charge is 0.390 e. The second-order valence-corrected chi connectivity index (χ2v) is 6.88. The van der Waals surface area contributed by atoms with Gasteiger partial charge in [-0.1, -0.05) is 23.7 Å². The van der Waals surface area contributed by atoms with Crippen LogP contribution in [0.3, 0.4) is 0 Å². The Morgan fingerprint density at radius 1 is 1.14 bits per heavy atom. The summed E-state index contributed by atoms with van der Waals surface area (Å²) in [6.07, 6.45) is 2.00. The molecule has 144 valence electrons. The van der Waals surface area contributed by atoms with E-state index in [1.54, 1.807) is 30.8 Å². The summed E-state index contributed by atoms with van der Waals surface area (Å²) in [5, 5.41) is 9.50. The Morgan fingerprint density at radius 2 is 1.89 bits per heavy atom. The van der Waals surface area contributed by atoms with Gasteiger partial charge in [-0.2, -0.15) is 9.78 Å². The molecule has 0 fully saturated rings. The molecule has 0 atom stereocenters. The van der Waals surface area contributed by atoms with Crippen LogP contribution in [0, 0.1) is 6.92 Å². The summed E-state index contributed by atoms with van der Waals surface area (Å²) in [4.78, 5) is 29.0. The molecule has 4 rings (SSSR count). The fraction of sp³-hybridized carbons (Fsp3) is 0.278. The Balaban J connectivity index is 1.55. The number of nitrogens with zero attached hydrogens (tertiary/aromatic N) is 6. The number of fused-ring (bicyclic) bond motifs is 1. The first-order chi connectivity index (χ1) is 13.4. The van der Waals surface area contributed by atoms with Crippen molar-refractivity contribution in [3.8, 4) is 0 Å². The minimum Gasteiger partial charge on any atom is -0.390 e. The highest BCUT2D eigenvalue weighted by atomic mass is 35.5. The third-order valence-electron chi connectivity index (χ3n) is 4.47. The van der Waals surface area contributed by atoms with Crippen molar-refractivity contribution in [2.24, 2.45) is 7.05 Å². The van der Waals surface area contributed by atoms with Crippen LogP contribution in [-0.2, 0) is 26.6 Å². The Morgan fingerprint density at radius 3 is 2.64 bits per heavy atom. The second kappa shape index (κ2) is 7.08. The maximum absolute atomic E-state index is 12.7. The minimum atomic E-state index is -0.566. The molecule has 0 N–H and O–H groups in total. The Bertz CT molecular complexity index is 1270. The lowest BCUT2D eigenvalue weighted by Crippen LogP contribution is -2.22. The van der Waals surface area contributed by atoms with E-state index in [-0.39, 0.29) is 18.0 Å². The summed E-state index contributed by atoms with van der Waals surface area (Å²) < 4.78 is 9.35. The van der Waals surface area contributed by atoms with Crippen LogP contribution in [0.2, 0.25) is 5.02 Å². The van der Waals surface area contributed by atoms with Gasteiger partial charge in [0.05, 0.1) is 12.2 Å². The van der Waals surface area contributed by atoms with E-state index in [0.29, 0.717) is 34.7 Å². The molecule has 3 aromatic heterocycles. The molecule has 0 aliphatic rings. The molecule has 10 heteroatoms. The average Bonchev–Trinajstić information content (AvgIpc) is 3.16. The van der Waals surface area contributed by atoms with E-state index >= 15 is 0 Å². The molecule has 28 heavy (non-hydrogen) atoms. The lowest BCUT2D eigenvalue weighted by Gasteiger charge is -2.02. The third kappa shape index (κ3) is 3.36. The Hall–Kier alpha value is -3.20. The normalized spacial score (nSPS) is 11.4. The standard InChI is InChI=1S/C18H17ClN6O3/c1-11-15-16(23(2)21-11)20-10-24(17(15)26)9-14-22-25(18(27)28-14)8-7-12-3-5-13(19)6-4-12/h3-6,10H,7-9H2,1-2H3. The topological polar surface area (TPSA) is 101 Å². The zero-order valence-electron chi connectivity index (χ0n) is 15.3.